The number of carboxylic acid groups (broad SMARTS) is 1. The van der Waals surface area contributed by atoms with Crippen LogP contribution in [0, 0.1) is 0 Å². The van der Waals surface area contributed by atoms with Crippen molar-refractivity contribution in [2.24, 2.45) is 0 Å². The van der Waals surface area contributed by atoms with Crippen LogP contribution in [0.5, 0.6) is 5.75 Å². The average molecular weight is 414 g/mol. The number of benzene rings is 1. The first-order chi connectivity index (χ1) is 14.4. The number of nitrogens with zero attached hydrogens (tertiary/aromatic N) is 2. The summed E-state index contributed by atoms with van der Waals surface area (Å²) in [6.07, 6.45) is 1.08. The molecule has 0 radical (unpaired) electrons. The highest BCUT2D eigenvalue weighted by molar-refractivity contribution is 5.99. The number of ether oxygens (including phenoxy) is 1. The van der Waals surface area contributed by atoms with Crippen LogP contribution in [0.15, 0.2) is 48.7 Å². The molecule has 0 aliphatic carbocycles. The number of carboxylic acids is 1. The fourth-order valence-electron chi connectivity index (χ4n) is 2.69. The summed E-state index contributed by atoms with van der Waals surface area (Å²) in [5.41, 5.74) is 0.608. The molecule has 0 saturated carbocycles. The Morgan fingerprint density at radius 3 is 2.47 bits per heavy atom. The van der Waals surface area contributed by atoms with Crippen molar-refractivity contribution in [3.05, 3.63) is 48.7 Å². The highest BCUT2D eigenvalue weighted by Crippen LogP contribution is 2.18. The molecule has 1 unspecified atom stereocenters. The van der Waals surface area contributed by atoms with Crippen LogP contribution in [0.2, 0.25) is 0 Å². The molecule has 2 rings (SSSR count). The Kier molecular flexibility index (Phi) is 8.61. The van der Waals surface area contributed by atoms with Gasteiger partial charge < -0.3 is 20.5 Å². The van der Waals surface area contributed by atoms with Gasteiger partial charge in [0, 0.05) is 31.8 Å². The molecule has 2 aromatic rings. The third-order valence-corrected chi connectivity index (χ3v) is 4.07. The maximum Gasteiger partial charge on any atom is 0.303 e. The normalized spacial score (nSPS) is 11.3. The number of pyridine rings is 1. The molecule has 3 N–H and O–H groups in total. The van der Waals surface area contributed by atoms with Gasteiger partial charge in [-0.05, 0) is 49.7 Å². The van der Waals surface area contributed by atoms with E-state index < -0.39 is 12.1 Å². The van der Waals surface area contributed by atoms with Gasteiger partial charge in [-0.3, -0.25) is 19.3 Å². The summed E-state index contributed by atoms with van der Waals surface area (Å²) in [5.74, 6) is -0.486. The molecule has 1 heterocycles. The van der Waals surface area contributed by atoms with E-state index in [1.54, 1.807) is 48.7 Å². The molecule has 9 heteroatoms. The summed E-state index contributed by atoms with van der Waals surface area (Å²) in [7, 11) is 0. The lowest BCUT2D eigenvalue weighted by Gasteiger charge is -2.27. The molecule has 30 heavy (non-hydrogen) atoms. The van der Waals surface area contributed by atoms with Gasteiger partial charge in [-0.25, -0.2) is 4.98 Å². The van der Waals surface area contributed by atoms with E-state index in [0.29, 0.717) is 36.8 Å². The van der Waals surface area contributed by atoms with Crippen LogP contribution < -0.4 is 20.3 Å². The predicted molar refractivity (Wildman–Crippen MR) is 112 cm³/mol. The van der Waals surface area contributed by atoms with Crippen molar-refractivity contribution in [3.8, 4) is 5.75 Å². The molecular weight excluding hydrogens is 388 g/mol. The Morgan fingerprint density at radius 2 is 1.90 bits per heavy atom. The van der Waals surface area contributed by atoms with Crippen molar-refractivity contribution in [2.45, 2.75) is 32.9 Å². The predicted octanol–water partition coefficient (Wildman–Crippen LogP) is 2.25. The summed E-state index contributed by atoms with van der Waals surface area (Å²) < 4.78 is 5.50. The van der Waals surface area contributed by atoms with Gasteiger partial charge in [0.1, 0.15) is 11.6 Å². The van der Waals surface area contributed by atoms with Gasteiger partial charge in [0.15, 0.2) is 6.17 Å². The molecule has 160 valence electrons. The quantitative estimate of drug-likeness (QED) is 0.381. The Hall–Kier alpha value is -3.62. The van der Waals surface area contributed by atoms with Crippen molar-refractivity contribution in [1.29, 1.82) is 0 Å². The highest BCUT2D eigenvalue weighted by atomic mass is 16.5. The zero-order valence-corrected chi connectivity index (χ0v) is 17.0. The number of carbonyl (C=O) groups is 3. The lowest BCUT2D eigenvalue weighted by molar-refractivity contribution is -0.137. The summed E-state index contributed by atoms with van der Waals surface area (Å²) in [6.45, 7) is 3.85. The summed E-state index contributed by atoms with van der Waals surface area (Å²) >= 11 is 0. The van der Waals surface area contributed by atoms with Crippen LogP contribution >= 0.6 is 0 Å². The summed E-state index contributed by atoms with van der Waals surface area (Å²) in [5, 5.41) is 14.3. The standard InChI is InChI=1S/C21H26N4O5/c1-3-25(18-7-4-5-13-22-18)21(29)20(23-15(2)26)24-16-9-11-17(12-10-16)30-14-6-8-19(27)28/h4-5,7,9-13,20,24H,3,6,8,14H2,1-2H3,(H,23,26)(H,27,28). The third-order valence-electron chi connectivity index (χ3n) is 4.07. The van der Waals surface area contributed by atoms with Crippen LogP contribution in [-0.4, -0.2) is 47.2 Å². The summed E-state index contributed by atoms with van der Waals surface area (Å²) in [6, 6.07) is 12.1. The molecular formula is C21H26N4O5. The second kappa shape index (κ2) is 11.4. The van der Waals surface area contributed by atoms with Crippen molar-refractivity contribution in [3.63, 3.8) is 0 Å². The largest absolute Gasteiger partial charge is 0.494 e. The van der Waals surface area contributed by atoms with Gasteiger partial charge in [-0.2, -0.15) is 0 Å². The van der Waals surface area contributed by atoms with E-state index in [2.05, 4.69) is 15.6 Å². The molecule has 0 bridgehead atoms. The number of carbonyl (C=O) groups excluding carboxylic acids is 2. The molecule has 0 aliphatic rings. The Bertz CT molecular complexity index is 842. The van der Waals surface area contributed by atoms with E-state index in [4.69, 9.17) is 9.84 Å². The van der Waals surface area contributed by atoms with E-state index >= 15 is 0 Å². The number of hydrogen-bond acceptors (Lipinski definition) is 6. The molecule has 1 aromatic carbocycles. The zero-order chi connectivity index (χ0) is 21.9. The number of nitrogens with one attached hydrogen (secondary N) is 2. The van der Waals surface area contributed by atoms with Crippen molar-refractivity contribution in [2.75, 3.05) is 23.4 Å². The van der Waals surface area contributed by atoms with Gasteiger partial charge in [0.25, 0.3) is 5.91 Å². The van der Waals surface area contributed by atoms with E-state index in [0.717, 1.165) is 0 Å². The van der Waals surface area contributed by atoms with E-state index in [1.807, 2.05) is 6.92 Å². The van der Waals surface area contributed by atoms with Crippen LogP contribution in [0.4, 0.5) is 11.5 Å². The molecule has 1 atom stereocenters. The van der Waals surface area contributed by atoms with E-state index in [9.17, 15) is 14.4 Å². The van der Waals surface area contributed by atoms with Crippen LogP contribution in [0.3, 0.4) is 0 Å². The first-order valence-electron chi connectivity index (χ1n) is 9.61. The molecule has 0 saturated heterocycles. The molecule has 9 nitrogen and oxygen atoms in total. The van der Waals surface area contributed by atoms with Crippen molar-refractivity contribution >= 4 is 29.3 Å². The molecule has 0 spiro atoms. The van der Waals surface area contributed by atoms with Gasteiger partial charge >= 0.3 is 5.97 Å². The molecule has 1 aromatic heterocycles. The smallest absolute Gasteiger partial charge is 0.303 e. The van der Waals surface area contributed by atoms with Gasteiger partial charge in [-0.15, -0.1) is 0 Å². The fourth-order valence-corrected chi connectivity index (χ4v) is 2.69. The van der Waals surface area contributed by atoms with E-state index in [1.165, 1.54) is 11.8 Å². The Labute approximate surface area is 175 Å². The number of hydrogen-bond donors (Lipinski definition) is 3. The third kappa shape index (κ3) is 7.08. The van der Waals surface area contributed by atoms with E-state index in [-0.39, 0.29) is 18.2 Å². The fraction of sp³-hybridized carbons (Fsp3) is 0.333. The summed E-state index contributed by atoms with van der Waals surface area (Å²) in [4.78, 5) is 40.9. The molecule has 0 aliphatic heterocycles. The number of amides is 2. The SMILES string of the molecule is CCN(C(=O)C(NC(C)=O)Nc1ccc(OCCCC(=O)O)cc1)c1ccccn1. The highest BCUT2D eigenvalue weighted by Gasteiger charge is 2.26. The first kappa shape index (κ1) is 22.7. The Morgan fingerprint density at radius 1 is 1.17 bits per heavy atom. The number of aliphatic carboxylic acids is 1. The van der Waals surface area contributed by atoms with Crippen molar-refractivity contribution < 1.29 is 24.2 Å². The van der Waals surface area contributed by atoms with Crippen LogP contribution in [0.25, 0.3) is 0 Å². The van der Waals surface area contributed by atoms with Gasteiger partial charge in [0.05, 0.1) is 6.61 Å². The molecule has 0 fully saturated rings. The maximum atomic E-state index is 13.0. The lowest BCUT2D eigenvalue weighted by atomic mass is 10.2. The minimum Gasteiger partial charge on any atom is -0.494 e. The lowest BCUT2D eigenvalue weighted by Crippen LogP contribution is -2.52. The monoisotopic (exact) mass is 414 g/mol. The molecule has 2 amide bonds. The number of likely N-dealkylation sites (N-methyl/N-ethyl adjacent to an activating group) is 1. The van der Waals surface area contributed by atoms with Crippen LogP contribution in [0.1, 0.15) is 26.7 Å². The van der Waals surface area contributed by atoms with Gasteiger partial charge in [0.2, 0.25) is 5.91 Å². The minimum atomic E-state index is -0.980. The number of anilines is 2. The first-order valence-corrected chi connectivity index (χ1v) is 9.61. The van der Waals surface area contributed by atoms with Gasteiger partial charge in [-0.1, -0.05) is 6.07 Å². The minimum absolute atomic E-state index is 0.0460. The number of rotatable bonds is 11. The maximum absolute atomic E-state index is 13.0. The second-order valence-corrected chi connectivity index (χ2v) is 6.42. The zero-order valence-electron chi connectivity index (χ0n) is 17.0. The average Bonchev–Trinajstić information content (AvgIpc) is 2.72. The second-order valence-electron chi connectivity index (χ2n) is 6.42. The van der Waals surface area contributed by atoms with Crippen LogP contribution in [-0.2, 0) is 14.4 Å². The topological polar surface area (TPSA) is 121 Å². The Balaban J connectivity index is 2.05. The number of aromatic nitrogens is 1. The van der Waals surface area contributed by atoms with Crippen molar-refractivity contribution in [1.82, 2.24) is 10.3 Å².